The van der Waals surface area contributed by atoms with Crippen molar-refractivity contribution in [3.05, 3.63) is 71.3 Å². The average molecular weight is 295 g/mol. The van der Waals surface area contributed by atoms with Gasteiger partial charge in [0.1, 0.15) is 0 Å². The van der Waals surface area contributed by atoms with Gasteiger partial charge in [-0.05, 0) is 37.0 Å². The fourth-order valence-electron chi connectivity index (χ4n) is 2.89. The number of hydrogen-bond donors (Lipinski definition) is 1. The number of carbonyl (C=O) groups excluding carboxylic acids is 1. The molecule has 0 saturated carbocycles. The Kier molecular flexibility index (Phi) is 5.76. The molecule has 1 amide bonds. The summed E-state index contributed by atoms with van der Waals surface area (Å²) in [6.45, 7) is 6.25. The lowest BCUT2D eigenvalue weighted by Gasteiger charge is -2.21. The molecule has 0 bridgehead atoms. The number of amides is 1. The van der Waals surface area contributed by atoms with E-state index in [9.17, 15) is 4.79 Å². The Labute approximate surface area is 133 Å². The maximum absolute atomic E-state index is 12.7. The lowest BCUT2D eigenvalue weighted by atomic mass is 9.93. The molecule has 0 spiro atoms. The van der Waals surface area contributed by atoms with Gasteiger partial charge in [-0.15, -0.1) is 0 Å². The van der Waals surface area contributed by atoms with Crippen LogP contribution in [0.25, 0.3) is 0 Å². The summed E-state index contributed by atoms with van der Waals surface area (Å²) in [5, 5.41) is 3.18. The van der Waals surface area contributed by atoms with Gasteiger partial charge in [0.05, 0.1) is 12.0 Å². The third-order valence-electron chi connectivity index (χ3n) is 4.11. The summed E-state index contributed by atoms with van der Waals surface area (Å²) in [5.74, 6) is 0.0430. The van der Waals surface area contributed by atoms with Gasteiger partial charge in [0.15, 0.2) is 0 Å². The third kappa shape index (κ3) is 3.97. The maximum atomic E-state index is 12.7. The van der Waals surface area contributed by atoms with E-state index in [1.54, 1.807) is 0 Å². The van der Waals surface area contributed by atoms with Gasteiger partial charge < -0.3 is 5.32 Å². The molecule has 0 aliphatic rings. The number of nitrogens with one attached hydrogen (secondary N) is 1. The Balaban J connectivity index is 2.13. The summed E-state index contributed by atoms with van der Waals surface area (Å²) in [6.07, 6.45) is 1.86. The summed E-state index contributed by atoms with van der Waals surface area (Å²) >= 11 is 0. The van der Waals surface area contributed by atoms with Crippen LogP contribution >= 0.6 is 0 Å². The Morgan fingerprint density at radius 2 is 1.68 bits per heavy atom. The molecule has 0 aliphatic carbocycles. The average Bonchev–Trinajstić information content (AvgIpc) is 2.53. The molecule has 2 unspecified atom stereocenters. The molecule has 2 aromatic carbocycles. The van der Waals surface area contributed by atoms with E-state index in [0.29, 0.717) is 0 Å². The highest BCUT2D eigenvalue weighted by Gasteiger charge is 2.21. The molecule has 2 rings (SSSR count). The Morgan fingerprint density at radius 3 is 2.32 bits per heavy atom. The molecule has 2 nitrogen and oxygen atoms in total. The molecule has 2 aromatic rings. The SMILES string of the molecule is CCCC(C(=O)NC(C)c1ccccc1C)c1ccccc1. The summed E-state index contributed by atoms with van der Waals surface area (Å²) in [6, 6.07) is 18.3. The van der Waals surface area contributed by atoms with Crippen LogP contribution in [0.5, 0.6) is 0 Å². The van der Waals surface area contributed by atoms with E-state index in [1.807, 2.05) is 49.4 Å². The topological polar surface area (TPSA) is 29.1 Å². The number of rotatable bonds is 6. The highest BCUT2D eigenvalue weighted by Crippen LogP contribution is 2.24. The second kappa shape index (κ2) is 7.79. The van der Waals surface area contributed by atoms with E-state index < -0.39 is 0 Å². The molecule has 2 heteroatoms. The van der Waals surface area contributed by atoms with Crippen molar-refractivity contribution in [2.45, 2.75) is 45.6 Å². The van der Waals surface area contributed by atoms with Gasteiger partial charge in [0.25, 0.3) is 0 Å². The first-order chi connectivity index (χ1) is 10.6. The molecule has 0 saturated heterocycles. The molecule has 1 N–H and O–H groups in total. The van der Waals surface area contributed by atoms with E-state index in [2.05, 4.69) is 31.3 Å². The van der Waals surface area contributed by atoms with Crippen LogP contribution in [-0.4, -0.2) is 5.91 Å². The zero-order valence-electron chi connectivity index (χ0n) is 13.7. The predicted molar refractivity (Wildman–Crippen MR) is 91.8 cm³/mol. The van der Waals surface area contributed by atoms with Gasteiger partial charge in [0, 0.05) is 0 Å². The molecule has 0 radical (unpaired) electrons. The first-order valence-corrected chi connectivity index (χ1v) is 8.04. The minimum Gasteiger partial charge on any atom is -0.349 e. The number of carbonyl (C=O) groups is 1. The Morgan fingerprint density at radius 1 is 1.05 bits per heavy atom. The van der Waals surface area contributed by atoms with Crippen LogP contribution in [0.1, 0.15) is 55.3 Å². The van der Waals surface area contributed by atoms with Crippen molar-refractivity contribution in [3.8, 4) is 0 Å². The van der Waals surface area contributed by atoms with Crippen molar-refractivity contribution < 1.29 is 4.79 Å². The first kappa shape index (κ1) is 16.3. The van der Waals surface area contributed by atoms with Crippen LogP contribution in [0.15, 0.2) is 54.6 Å². The first-order valence-electron chi connectivity index (χ1n) is 8.04. The van der Waals surface area contributed by atoms with E-state index in [0.717, 1.165) is 18.4 Å². The van der Waals surface area contributed by atoms with E-state index in [1.165, 1.54) is 11.1 Å². The van der Waals surface area contributed by atoms with E-state index in [-0.39, 0.29) is 17.9 Å². The monoisotopic (exact) mass is 295 g/mol. The summed E-state index contributed by atoms with van der Waals surface area (Å²) in [5.41, 5.74) is 3.49. The van der Waals surface area contributed by atoms with Gasteiger partial charge in [-0.3, -0.25) is 4.79 Å². The van der Waals surface area contributed by atoms with E-state index >= 15 is 0 Å². The van der Waals surface area contributed by atoms with Crippen molar-refractivity contribution in [3.63, 3.8) is 0 Å². The van der Waals surface area contributed by atoms with Gasteiger partial charge in [-0.1, -0.05) is 67.9 Å². The lowest BCUT2D eigenvalue weighted by molar-refractivity contribution is -0.123. The third-order valence-corrected chi connectivity index (χ3v) is 4.11. The minimum absolute atomic E-state index is 0.0248. The number of aryl methyl sites for hydroxylation is 1. The number of benzene rings is 2. The van der Waals surface area contributed by atoms with Crippen LogP contribution < -0.4 is 5.32 Å². The highest BCUT2D eigenvalue weighted by molar-refractivity contribution is 5.84. The van der Waals surface area contributed by atoms with Gasteiger partial charge in [0.2, 0.25) is 5.91 Å². The largest absolute Gasteiger partial charge is 0.349 e. The van der Waals surface area contributed by atoms with Gasteiger partial charge in [-0.25, -0.2) is 0 Å². The van der Waals surface area contributed by atoms with Crippen molar-refractivity contribution in [1.82, 2.24) is 5.32 Å². The lowest BCUT2D eigenvalue weighted by Crippen LogP contribution is -2.32. The second-order valence-electron chi connectivity index (χ2n) is 5.84. The maximum Gasteiger partial charge on any atom is 0.228 e. The predicted octanol–water partition coefficient (Wildman–Crippen LogP) is 4.76. The minimum atomic E-state index is -0.0716. The van der Waals surface area contributed by atoms with Crippen molar-refractivity contribution in [1.29, 1.82) is 0 Å². The van der Waals surface area contributed by atoms with E-state index in [4.69, 9.17) is 0 Å². The molecule has 22 heavy (non-hydrogen) atoms. The van der Waals surface area contributed by atoms with Crippen LogP contribution in [0, 0.1) is 6.92 Å². The Bertz CT molecular complexity index is 606. The molecular formula is C20H25NO. The number of hydrogen-bond acceptors (Lipinski definition) is 1. The Hall–Kier alpha value is -2.09. The van der Waals surface area contributed by atoms with Gasteiger partial charge in [-0.2, -0.15) is 0 Å². The standard InChI is InChI=1S/C20H25NO/c1-4-10-19(17-12-6-5-7-13-17)20(22)21-16(3)18-14-9-8-11-15(18)2/h5-9,11-14,16,19H,4,10H2,1-3H3,(H,21,22). The smallest absolute Gasteiger partial charge is 0.228 e. The van der Waals surface area contributed by atoms with Crippen LogP contribution in [0.2, 0.25) is 0 Å². The van der Waals surface area contributed by atoms with Crippen molar-refractivity contribution in [2.75, 3.05) is 0 Å². The summed E-state index contributed by atoms with van der Waals surface area (Å²) in [4.78, 5) is 12.7. The van der Waals surface area contributed by atoms with Gasteiger partial charge >= 0.3 is 0 Å². The highest BCUT2D eigenvalue weighted by atomic mass is 16.1. The van der Waals surface area contributed by atoms with Crippen LogP contribution in [0.4, 0.5) is 0 Å². The zero-order chi connectivity index (χ0) is 15.9. The molecule has 0 aliphatic heterocycles. The molecule has 0 heterocycles. The normalized spacial score (nSPS) is 13.4. The molecular weight excluding hydrogens is 270 g/mol. The molecule has 0 aromatic heterocycles. The summed E-state index contributed by atoms with van der Waals surface area (Å²) < 4.78 is 0. The molecule has 116 valence electrons. The summed E-state index contributed by atoms with van der Waals surface area (Å²) in [7, 11) is 0. The second-order valence-corrected chi connectivity index (χ2v) is 5.84. The fourth-order valence-corrected chi connectivity index (χ4v) is 2.89. The molecule has 0 fully saturated rings. The van der Waals surface area contributed by atoms with Crippen molar-refractivity contribution in [2.24, 2.45) is 0 Å². The van der Waals surface area contributed by atoms with Crippen molar-refractivity contribution >= 4 is 5.91 Å². The molecule has 2 atom stereocenters. The van der Waals surface area contributed by atoms with Crippen LogP contribution in [0.3, 0.4) is 0 Å². The quantitative estimate of drug-likeness (QED) is 0.818. The zero-order valence-corrected chi connectivity index (χ0v) is 13.7. The van der Waals surface area contributed by atoms with Crippen LogP contribution in [-0.2, 0) is 4.79 Å². The fraction of sp³-hybridized carbons (Fsp3) is 0.350.